The van der Waals surface area contributed by atoms with Gasteiger partial charge in [-0.15, -0.1) is 0 Å². The van der Waals surface area contributed by atoms with Gasteiger partial charge in [-0.2, -0.15) is 8.78 Å². The number of hydrogen-bond donors (Lipinski definition) is 0. The predicted molar refractivity (Wildman–Crippen MR) is 120 cm³/mol. The van der Waals surface area contributed by atoms with Gasteiger partial charge < -0.3 is 4.74 Å². The smallest absolute Gasteiger partial charge is 0.387 e. The molecule has 0 spiro atoms. The van der Waals surface area contributed by atoms with E-state index in [0.29, 0.717) is 11.3 Å². The van der Waals surface area contributed by atoms with E-state index in [4.69, 9.17) is 0 Å². The number of rotatable bonds is 7. The average molecular weight is 463 g/mol. The van der Waals surface area contributed by atoms with E-state index in [1.165, 1.54) is 43.7 Å². The van der Waals surface area contributed by atoms with Crippen LogP contribution in [0.4, 0.5) is 22.0 Å². The van der Waals surface area contributed by atoms with Gasteiger partial charge in [0.05, 0.1) is 0 Å². The van der Waals surface area contributed by atoms with Crippen molar-refractivity contribution in [1.29, 1.82) is 0 Å². The lowest BCUT2D eigenvalue weighted by Gasteiger charge is -2.29. The summed E-state index contributed by atoms with van der Waals surface area (Å²) in [7, 11) is 0. The zero-order valence-electron chi connectivity index (χ0n) is 18.5. The molecule has 1 aliphatic carbocycles. The van der Waals surface area contributed by atoms with E-state index < -0.39 is 29.8 Å². The van der Waals surface area contributed by atoms with Crippen LogP contribution in [0.2, 0.25) is 0 Å². The number of unbranched alkanes of at least 4 members (excludes halogenated alkanes) is 1. The Morgan fingerprint density at radius 2 is 1.61 bits per heavy atom. The molecule has 1 saturated carbocycles. The maximum Gasteiger partial charge on any atom is 0.387 e. The Morgan fingerprint density at radius 1 is 0.909 bits per heavy atom. The van der Waals surface area contributed by atoms with Gasteiger partial charge in [0.15, 0.2) is 17.4 Å². The SMILES string of the molecule is CCCC[C@H]1CC[C@H](c2ccc3c(F)c(-c4cc(F)c(OC(F)F)c(F)c4)ccc3c2)CC1. The number of hydrogen-bond acceptors (Lipinski definition) is 1. The lowest BCUT2D eigenvalue weighted by molar-refractivity contribution is -0.0546. The van der Waals surface area contributed by atoms with Gasteiger partial charge in [-0.1, -0.05) is 56.5 Å². The van der Waals surface area contributed by atoms with Crippen LogP contribution in [-0.4, -0.2) is 6.61 Å². The summed E-state index contributed by atoms with van der Waals surface area (Å²) in [6, 6.07) is 10.4. The van der Waals surface area contributed by atoms with Gasteiger partial charge in [-0.3, -0.25) is 0 Å². The highest BCUT2D eigenvalue weighted by Crippen LogP contribution is 2.39. The zero-order valence-corrected chi connectivity index (χ0v) is 18.5. The van der Waals surface area contributed by atoms with Crippen molar-refractivity contribution in [3.05, 3.63) is 65.5 Å². The first-order chi connectivity index (χ1) is 15.9. The highest BCUT2D eigenvalue weighted by Gasteiger charge is 2.23. The number of halogens is 5. The zero-order chi connectivity index (χ0) is 23.5. The second-order valence-electron chi connectivity index (χ2n) is 8.92. The summed E-state index contributed by atoms with van der Waals surface area (Å²) >= 11 is 0. The average Bonchev–Trinajstić information content (AvgIpc) is 2.80. The van der Waals surface area contributed by atoms with Crippen LogP contribution in [0.15, 0.2) is 42.5 Å². The Morgan fingerprint density at radius 3 is 2.24 bits per heavy atom. The molecule has 0 amide bonds. The Kier molecular flexibility index (Phi) is 7.20. The van der Waals surface area contributed by atoms with E-state index in [2.05, 4.69) is 11.7 Å². The molecular weight excluding hydrogens is 435 g/mol. The first-order valence-corrected chi connectivity index (χ1v) is 11.5. The summed E-state index contributed by atoms with van der Waals surface area (Å²) in [4.78, 5) is 0. The Bertz CT molecular complexity index is 1100. The molecule has 0 N–H and O–H groups in total. The molecule has 1 aliphatic rings. The molecule has 176 valence electrons. The monoisotopic (exact) mass is 462 g/mol. The minimum atomic E-state index is -3.36. The molecule has 1 nitrogen and oxygen atoms in total. The molecule has 0 heterocycles. The van der Waals surface area contributed by atoms with Crippen molar-refractivity contribution < 1.29 is 26.7 Å². The predicted octanol–water partition coefficient (Wildman–Crippen LogP) is 8.99. The maximum absolute atomic E-state index is 15.3. The van der Waals surface area contributed by atoms with Crippen LogP contribution in [0.3, 0.4) is 0 Å². The van der Waals surface area contributed by atoms with Crippen molar-refractivity contribution in [3.8, 4) is 16.9 Å². The second-order valence-corrected chi connectivity index (χ2v) is 8.92. The number of ether oxygens (including phenoxy) is 1. The van der Waals surface area contributed by atoms with Crippen molar-refractivity contribution in [3.63, 3.8) is 0 Å². The molecular formula is C27H27F5O. The lowest BCUT2D eigenvalue weighted by atomic mass is 9.77. The first-order valence-electron chi connectivity index (χ1n) is 11.5. The van der Waals surface area contributed by atoms with Crippen LogP contribution in [-0.2, 0) is 0 Å². The summed E-state index contributed by atoms with van der Waals surface area (Å²) in [5, 5.41) is 1.07. The van der Waals surface area contributed by atoms with Crippen LogP contribution in [0.25, 0.3) is 21.9 Å². The molecule has 0 atom stereocenters. The molecule has 4 rings (SSSR count). The summed E-state index contributed by atoms with van der Waals surface area (Å²) < 4.78 is 72.2. The molecule has 6 heteroatoms. The van der Waals surface area contributed by atoms with Gasteiger partial charge in [0.25, 0.3) is 0 Å². The van der Waals surface area contributed by atoms with Gasteiger partial charge in [-0.25, -0.2) is 13.2 Å². The van der Waals surface area contributed by atoms with E-state index in [1.807, 2.05) is 12.1 Å². The second kappa shape index (κ2) is 10.1. The van der Waals surface area contributed by atoms with E-state index in [0.717, 1.165) is 36.3 Å². The number of fused-ring (bicyclic) bond motifs is 1. The first kappa shape index (κ1) is 23.5. The van der Waals surface area contributed by atoms with Gasteiger partial charge in [-0.05, 0) is 66.2 Å². The summed E-state index contributed by atoms with van der Waals surface area (Å²) in [5.74, 6) is -3.14. The third-order valence-corrected chi connectivity index (χ3v) is 6.78. The number of alkyl halides is 2. The largest absolute Gasteiger partial charge is 0.429 e. The quantitative estimate of drug-likeness (QED) is 0.318. The van der Waals surface area contributed by atoms with Crippen molar-refractivity contribution in [1.82, 2.24) is 0 Å². The molecule has 3 aromatic carbocycles. The Balaban J connectivity index is 1.58. The van der Waals surface area contributed by atoms with Crippen molar-refractivity contribution in [2.24, 2.45) is 5.92 Å². The van der Waals surface area contributed by atoms with Crippen LogP contribution < -0.4 is 4.74 Å². The normalized spacial score (nSPS) is 18.8. The van der Waals surface area contributed by atoms with E-state index in [9.17, 15) is 17.6 Å². The topological polar surface area (TPSA) is 9.23 Å². The van der Waals surface area contributed by atoms with Crippen LogP contribution in [0, 0.1) is 23.4 Å². The highest BCUT2D eigenvalue weighted by molar-refractivity contribution is 5.89. The molecule has 0 bridgehead atoms. The molecule has 0 unspecified atom stereocenters. The van der Waals surface area contributed by atoms with Crippen molar-refractivity contribution >= 4 is 10.8 Å². The molecule has 0 aromatic heterocycles. The van der Waals surface area contributed by atoms with E-state index >= 15 is 4.39 Å². The highest BCUT2D eigenvalue weighted by atomic mass is 19.3. The van der Waals surface area contributed by atoms with E-state index in [1.54, 1.807) is 12.1 Å². The third-order valence-electron chi connectivity index (χ3n) is 6.78. The maximum atomic E-state index is 15.3. The van der Waals surface area contributed by atoms with Gasteiger partial charge in [0.2, 0.25) is 0 Å². The number of benzene rings is 3. The summed E-state index contributed by atoms with van der Waals surface area (Å²) in [5.41, 5.74) is 1.10. The van der Waals surface area contributed by atoms with Gasteiger partial charge >= 0.3 is 6.61 Å². The van der Waals surface area contributed by atoms with Crippen LogP contribution in [0.1, 0.15) is 63.4 Å². The molecule has 0 radical (unpaired) electrons. The molecule has 1 fully saturated rings. The summed E-state index contributed by atoms with van der Waals surface area (Å²) in [6.07, 6.45) is 8.51. The minimum absolute atomic E-state index is 0.00641. The van der Waals surface area contributed by atoms with Gasteiger partial charge in [0, 0.05) is 10.9 Å². The fourth-order valence-electron chi connectivity index (χ4n) is 4.98. The Labute approximate surface area is 190 Å². The Hall–Kier alpha value is -2.63. The third kappa shape index (κ3) is 5.15. The molecule has 0 aliphatic heterocycles. The standard InChI is InChI=1S/C27H27F5O/c1-2-3-4-16-5-7-17(8-6-16)18-9-11-21-19(13-18)10-12-22(25(21)30)20-14-23(28)26(24(29)15-20)33-27(31)32/h9-17,27H,2-8H2,1H3/t16-,17-. The fraction of sp³-hybridized carbons (Fsp3) is 0.407. The van der Waals surface area contributed by atoms with Crippen molar-refractivity contribution in [2.45, 2.75) is 64.4 Å². The van der Waals surface area contributed by atoms with Crippen LogP contribution >= 0.6 is 0 Å². The van der Waals surface area contributed by atoms with E-state index in [-0.39, 0.29) is 11.1 Å². The lowest BCUT2D eigenvalue weighted by Crippen LogP contribution is -2.13. The fourth-order valence-corrected chi connectivity index (χ4v) is 4.98. The minimum Gasteiger partial charge on any atom is -0.429 e. The summed E-state index contributed by atoms with van der Waals surface area (Å²) in [6.45, 7) is -1.15. The molecule has 0 saturated heterocycles. The molecule has 33 heavy (non-hydrogen) atoms. The van der Waals surface area contributed by atoms with Crippen LogP contribution in [0.5, 0.6) is 5.75 Å². The van der Waals surface area contributed by atoms with Gasteiger partial charge in [0.1, 0.15) is 5.82 Å². The van der Waals surface area contributed by atoms with Crippen molar-refractivity contribution in [2.75, 3.05) is 0 Å². The molecule has 3 aromatic rings.